The van der Waals surface area contributed by atoms with E-state index in [-0.39, 0.29) is 12.2 Å². The predicted octanol–water partition coefficient (Wildman–Crippen LogP) is 3.48. The summed E-state index contributed by atoms with van der Waals surface area (Å²) in [4.78, 5) is 8.38. The number of ether oxygens (including phenoxy) is 2. The topological polar surface area (TPSA) is 70.3 Å². The van der Waals surface area contributed by atoms with E-state index >= 15 is 0 Å². The molecule has 2 saturated carbocycles. The van der Waals surface area contributed by atoms with Gasteiger partial charge in [0.05, 0.1) is 0 Å². The van der Waals surface area contributed by atoms with E-state index in [0.29, 0.717) is 17.4 Å². The molecule has 1 aromatic rings. The molecule has 0 unspecified atom stereocenters. The SMILES string of the molecule is Nc1c(OC2CCCCC2)ncnc1OC1CCCCC1. The molecule has 2 N–H and O–H groups in total. The molecule has 1 heterocycles. The van der Waals surface area contributed by atoms with E-state index in [1.54, 1.807) is 0 Å². The summed E-state index contributed by atoms with van der Waals surface area (Å²) < 4.78 is 11.9. The third-order valence-electron chi connectivity index (χ3n) is 4.47. The Morgan fingerprint density at radius 1 is 0.762 bits per heavy atom. The highest BCUT2D eigenvalue weighted by molar-refractivity contribution is 5.55. The molecule has 2 fully saturated rings. The standard InChI is InChI=1S/C16H25N3O2/c17-14-15(20-12-7-3-1-4-8-12)18-11-19-16(14)21-13-9-5-2-6-10-13/h11-13H,1-10,17H2. The summed E-state index contributed by atoms with van der Waals surface area (Å²) in [7, 11) is 0. The molecule has 116 valence electrons. The molecule has 0 amide bonds. The molecule has 3 rings (SSSR count). The van der Waals surface area contributed by atoms with E-state index in [4.69, 9.17) is 15.2 Å². The number of hydrogen-bond donors (Lipinski definition) is 1. The van der Waals surface area contributed by atoms with Crippen LogP contribution in [0.15, 0.2) is 6.33 Å². The largest absolute Gasteiger partial charge is 0.473 e. The van der Waals surface area contributed by atoms with Gasteiger partial charge in [-0.1, -0.05) is 12.8 Å². The molecule has 0 spiro atoms. The second kappa shape index (κ2) is 6.96. The van der Waals surface area contributed by atoms with E-state index in [2.05, 4.69) is 9.97 Å². The van der Waals surface area contributed by atoms with Gasteiger partial charge in [0.1, 0.15) is 18.5 Å². The van der Waals surface area contributed by atoms with Gasteiger partial charge in [-0.3, -0.25) is 0 Å². The quantitative estimate of drug-likeness (QED) is 0.919. The molecule has 2 aliphatic rings. The Bertz CT molecular complexity index is 417. The van der Waals surface area contributed by atoms with E-state index in [1.165, 1.54) is 44.9 Å². The molecule has 1 aromatic heterocycles. The van der Waals surface area contributed by atoms with Crippen LogP contribution < -0.4 is 15.2 Å². The lowest BCUT2D eigenvalue weighted by Crippen LogP contribution is -2.23. The second-order valence-electron chi connectivity index (χ2n) is 6.15. The van der Waals surface area contributed by atoms with Crippen LogP contribution in [-0.4, -0.2) is 22.2 Å². The van der Waals surface area contributed by atoms with Crippen LogP contribution in [0, 0.1) is 0 Å². The first-order valence-electron chi connectivity index (χ1n) is 8.26. The van der Waals surface area contributed by atoms with E-state index in [1.807, 2.05) is 0 Å². The van der Waals surface area contributed by atoms with Crippen LogP contribution >= 0.6 is 0 Å². The number of aromatic nitrogens is 2. The van der Waals surface area contributed by atoms with Gasteiger partial charge in [0.2, 0.25) is 11.8 Å². The summed E-state index contributed by atoms with van der Waals surface area (Å²) in [6, 6.07) is 0. The van der Waals surface area contributed by atoms with Gasteiger partial charge in [-0.25, -0.2) is 0 Å². The Morgan fingerprint density at radius 3 is 1.62 bits per heavy atom. The van der Waals surface area contributed by atoms with Gasteiger partial charge >= 0.3 is 0 Å². The van der Waals surface area contributed by atoms with Crippen molar-refractivity contribution in [2.45, 2.75) is 76.4 Å². The van der Waals surface area contributed by atoms with Gasteiger partial charge in [0, 0.05) is 0 Å². The smallest absolute Gasteiger partial charge is 0.244 e. The fraction of sp³-hybridized carbons (Fsp3) is 0.750. The number of nitrogens with zero attached hydrogens (tertiary/aromatic N) is 2. The van der Waals surface area contributed by atoms with E-state index in [9.17, 15) is 0 Å². The summed E-state index contributed by atoms with van der Waals surface area (Å²) in [5, 5.41) is 0. The first kappa shape index (κ1) is 14.4. The van der Waals surface area contributed by atoms with Gasteiger partial charge in [-0.05, 0) is 51.4 Å². The molecular formula is C16H25N3O2. The van der Waals surface area contributed by atoms with E-state index in [0.717, 1.165) is 25.7 Å². The maximum Gasteiger partial charge on any atom is 0.244 e. The molecule has 0 radical (unpaired) electrons. The van der Waals surface area contributed by atoms with Crippen LogP contribution in [0.2, 0.25) is 0 Å². The minimum atomic E-state index is 0.235. The molecule has 0 aromatic carbocycles. The molecule has 0 aliphatic heterocycles. The first-order chi connectivity index (χ1) is 10.3. The molecule has 0 saturated heterocycles. The van der Waals surface area contributed by atoms with Crippen LogP contribution in [0.1, 0.15) is 64.2 Å². The maximum absolute atomic E-state index is 6.14. The Labute approximate surface area is 126 Å². The van der Waals surface area contributed by atoms with Crippen molar-refractivity contribution in [3.8, 4) is 11.8 Å². The van der Waals surface area contributed by atoms with Crippen molar-refractivity contribution in [3.05, 3.63) is 6.33 Å². The molecular weight excluding hydrogens is 266 g/mol. The second-order valence-corrected chi connectivity index (χ2v) is 6.15. The average molecular weight is 291 g/mol. The van der Waals surface area contributed by atoms with Crippen LogP contribution in [0.4, 0.5) is 5.69 Å². The van der Waals surface area contributed by atoms with Crippen molar-refractivity contribution in [1.29, 1.82) is 0 Å². The lowest BCUT2D eigenvalue weighted by Gasteiger charge is -2.25. The number of anilines is 1. The van der Waals surface area contributed by atoms with Crippen LogP contribution in [0.25, 0.3) is 0 Å². The molecule has 5 nitrogen and oxygen atoms in total. The summed E-state index contributed by atoms with van der Waals surface area (Å²) in [6.07, 6.45) is 13.8. The molecule has 2 aliphatic carbocycles. The van der Waals surface area contributed by atoms with Crippen molar-refractivity contribution in [2.75, 3.05) is 5.73 Å². The molecule has 5 heteroatoms. The van der Waals surface area contributed by atoms with Crippen LogP contribution in [-0.2, 0) is 0 Å². The zero-order valence-corrected chi connectivity index (χ0v) is 12.6. The Kier molecular flexibility index (Phi) is 4.78. The van der Waals surface area contributed by atoms with Gasteiger partial charge < -0.3 is 15.2 Å². The maximum atomic E-state index is 6.14. The summed E-state index contributed by atoms with van der Waals surface area (Å²) >= 11 is 0. The minimum Gasteiger partial charge on any atom is -0.473 e. The van der Waals surface area contributed by atoms with Gasteiger partial charge in [-0.15, -0.1) is 0 Å². The summed E-state index contributed by atoms with van der Waals surface area (Å²) in [5.41, 5.74) is 6.60. The molecule has 0 atom stereocenters. The van der Waals surface area contributed by atoms with Gasteiger partial charge in [0.25, 0.3) is 0 Å². The van der Waals surface area contributed by atoms with Crippen LogP contribution in [0.5, 0.6) is 11.8 Å². The van der Waals surface area contributed by atoms with Crippen molar-refractivity contribution in [1.82, 2.24) is 9.97 Å². The van der Waals surface area contributed by atoms with Crippen molar-refractivity contribution in [3.63, 3.8) is 0 Å². The lowest BCUT2D eigenvalue weighted by atomic mass is 9.98. The molecule has 21 heavy (non-hydrogen) atoms. The Balaban J connectivity index is 1.65. The van der Waals surface area contributed by atoms with E-state index < -0.39 is 0 Å². The fourth-order valence-electron chi connectivity index (χ4n) is 3.23. The van der Waals surface area contributed by atoms with Gasteiger partial charge in [0.15, 0.2) is 5.69 Å². The Hall–Kier alpha value is -1.52. The zero-order valence-electron chi connectivity index (χ0n) is 12.6. The minimum absolute atomic E-state index is 0.235. The van der Waals surface area contributed by atoms with Crippen molar-refractivity contribution < 1.29 is 9.47 Å². The van der Waals surface area contributed by atoms with Crippen LogP contribution in [0.3, 0.4) is 0 Å². The first-order valence-corrected chi connectivity index (χ1v) is 8.26. The molecule has 0 bridgehead atoms. The fourth-order valence-corrected chi connectivity index (χ4v) is 3.23. The number of rotatable bonds is 4. The highest BCUT2D eigenvalue weighted by Crippen LogP contribution is 2.32. The number of hydrogen-bond acceptors (Lipinski definition) is 5. The number of nitrogens with two attached hydrogens (primary N) is 1. The third kappa shape index (κ3) is 3.77. The third-order valence-corrected chi connectivity index (χ3v) is 4.47. The van der Waals surface area contributed by atoms with Crippen molar-refractivity contribution in [2.24, 2.45) is 0 Å². The lowest BCUT2D eigenvalue weighted by molar-refractivity contribution is 0.139. The van der Waals surface area contributed by atoms with Crippen molar-refractivity contribution >= 4 is 5.69 Å². The average Bonchev–Trinajstić information content (AvgIpc) is 2.53. The highest BCUT2D eigenvalue weighted by Gasteiger charge is 2.21. The number of nitrogen functional groups attached to an aromatic ring is 1. The predicted molar refractivity (Wildman–Crippen MR) is 81.4 cm³/mol. The highest BCUT2D eigenvalue weighted by atomic mass is 16.5. The Morgan fingerprint density at radius 2 is 1.19 bits per heavy atom. The summed E-state index contributed by atoms with van der Waals surface area (Å²) in [6.45, 7) is 0. The zero-order chi connectivity index (χ0) is 14.5. The monoisotopic (exact) mass is 291 g/mol. The summed E-state index contributed by atoms with van der Waals surface area (Å²) in [5.74, 6) is 0.977. The van der Waals surface area contributed by atoms with Gasteiger partial charge in [-0.2, -0.15) is 9.97 Å². The normalized spacial score (nSPS) is 21.1.